The van der Waals surface area contributed by atoms with Gasteiger partial charge in [-0.15, -0.1) is 0 Å². The number of benzene rings is 1. The van der Waals surface area contributed by atoms with Crippen molar-refractivity contribution < 1.29 is 14.3 Å². The molecule has 176 valence electrons. The van der Waals surface area contributed by atoms with Crippen molar-refractivity contribution in [2.24, 2.45) is 0 Å². The predicted octanol–water partition coefficient (Wildman–Crippen LogP) is 2.07. The number of ether oxygens (including phenoxy) is 2. The highest BCUT2D eigenvalue weighted by molar-refractivity contribution is 6.04. The standard InChI is InChI=1S/C24H27N7O3/c1-33-21-11-16-14-31(15-17(16)12-22(21)34-2)24-27-6-3-18(29-24)23(32)28-19-13-26-5-4-20(19)30-9-7-25-8-10-30/h3-6,11-13,25H,7-10,14-15H2,1-2H3,(H,28,32). The van der Waals surface area contributed by atoms with Gasteiger partial charge in [-0.2, -0.15) is 0 Å². The molecule has 0 saturated carbocycles. The zero-order chi connectivity index (χ0) is 23.5. The maximum atomic E-state index is 13.1. The van der Waals surface area contributed by atoms with Crippen LogP contribution >= 0.6 is 0 Å². The SMILES string of the molecule is COc1cc2c(cc1OC)CN(c1nccc(C(=O)Nc3cnccc3N3CCNCC3)n1)C2. The van der Waals surface area contributed by atoms with Crippen LogP contribution in [-0.4, -0.2) is 61.3 Å². The smallest absolute Gasteiger partial charge is 0.274 e. The molecule has 2 N–H and O–H groups in total. The Morgan fingerprint density at radius 1 is 1.00 bits per heavy atom. The Kier molecular flexibility index (Phi) is 6.13. The third-order valence-electron chi connectivity index (χ3n) is 6.09. The van der Waals surface area contributed by atoms with Gasteiger partial charge in [0.05, 0.1) is 31.8 Å². The number of aromatic nitrogens is 3. The molecule has 0 aliphatic carbocycles. The van der Waals surface area contributed by atoms with E-state index >= 15 is 0 Å². The Labute approximate surface area is 197 Å². The molecule has 34 heavy (non-hydrogen) atoms. The highest BCUT2D eigenvalue weighted by atomic mass is 16.5. The highest BCUT2D eigenvalue weighted by Gasteiger charge is 2.25. The molecule has 2 aliphatic heterocycles. The number of fused-ring (bicyclic) bond motifs is 1. The summed E-state index contributed by atoms with van der Waals surface area (Å²) in [5, 5.41) is 6.33. The number of pyridine rings is 1. The van der Waals surface area contributed by atoms with Crippen molar-refractivity contribution in [2.45, 2.75) is 13.1 Å². The highest BCUT2D eigenvalue weighted by Crippen LogP contribution is 2.36. The molecular formula is C24H27N7O3. The molecule has 0 radical (unpaired) electrons. The molecule has 1 aromatic carbocycles. The molecule has 0 unspecified atom stereocenters. The van der Waals surface area contributed by atoms with Crippen LogP contribution in [-0.2, 0) is 13.1 Å². The summed E-state index contributed by atoms with van der Waals surface area (Å²) in [5.74, 6) is 1.58. The van der Waals surface area contributed by atoms with Gasteiger partial charge in [-0.05, 0) is 35.4 Å². The number of amides is 1. The summed E-state index contributed by atoms with van der Waals surface area (Å²) >= 11 is 0. The van der Waals surface area contributed by atoms with Gasteiger partial charge in [-0.3, -0.25) is 9.78 Å². The van der Waals surface area contributed by atoms with E-state index in [0.29, 0.717) is 41.9 Å². The number of nitrogens with one attached hydrogen (secondary N) is 2. The molecule has 1 saturated heterocycles. The van der Waals surface area contributed by atoms with Crippen LogP contribution in [0.15, 0.2) is 42.9 Å². The number of nitrogens with zero attached hydrogens (tertiary/aromatic N) is 5. The van der Waals surface area contributed by atoms with Gasteiger partial charge in [0.25, 0.3) is 5.91 Å². The number of hydrogen-bond acceptors (Lipinski definition) is 9. The van der Waals surface area contributed by atoms with Gasteiger partial charge in [-0.25, -0.2) is 9.97 Å². The van der Waals surface area contributed by atoms with Crippen LogP contribution < -0.4 is 29.9 Å². The van der Waals surface area contributed by atoms with Crippen molar-refractivity contribution >= 4 is 23.2 Å². The average molecular weight is 462 g/mol. The molecule has 10 nitrogen and oxygen atoms in total. The van der Waals surface area contributed by atoms with E-state index in [0.717, 1.165) is 43.0 Å². The third-order valence-corrected chi connectivity index (χ3v) is 6.09. The summed E-state index contributed by atoms with van der Waals surface area (Å²) in [6.07, 6.45) is 5.03. The molecule has 4 heterocycles. The van der Waals surface area contributed by atoms with Gasteiger partial charge in [0.1, 0.15) is 5.69 Å². The molecule has 1 amide bonds. The summed E-state index contributed by atoms with van der Waals surface area (Å²) in [4.78, 5) is 30.5. The molecule has 2 aliphatic rings. The van der Waals surface area contributed by atoms with Gasteiger partial charge in [0.2, 0.25) is 5.95 Å². The zero-order valence-electron chi connectivity index (χ0n) is 19.2. The monoisotopic (exact) mass is 461 g/mol. The lowest BCUT2D eigenvalue weighted by Crippen LogP contribution is -2.43. The van der Waals surface area contributed by atoms with E-state index < -0.39 is 0 Å². The maximum Gasteiger partial charge on any atom is 0.274 e. The first-order valence-corrected chi connectivity index (χ1v) is 11.2. The quantitative estimate of drug-likeness (QED) is 0.571. The molecular weight excluding hydrogens is 434 g/mol. The number of piperazine rings is 1. The van der Waals surface area contributed by atoms with Crippen LogP contribution in [0.3, 0.4) is 0 Å². The summed E-state index contributed by atoms with van der Waals surface area (Å²) < 4.78 is 10.8. The summed E-state index contributed by atoms with van der Waals surface area (Å²) in [6.45, 7) is 4.79. The maximum absolute atomic E-state index is 13.1. The van der Waals surface area contributed by atoms with Crippen LogP contribution in [0.25, 0.3) is 0 Å². The Balaban J connectivity index is 1.33. The van der Waals surface area contributed by atoms with Crippen molar-refractivity contribution in [3.05, 3.63) is 59.7 Å². The van der Waals surface area contributed by atoms with Gasteiger partial charge < -0.3 is 29.9 Å². The molecule has 1 fully saturated rings. The van der Waals surface area contributed by atoms with E-state index in [-0.39, 0.29) is 5.91 Å². The summed E-state index contributed by atoms with van der Waals surface area (Å²) in [6, 6.07) is 7.50. The van der Waals surface area contributed by atoms with Gasteiger partial charge in [0.15, 0.2) is 11.5 Å². The number of hydrogen-bond donors (Lipinski definition) is 2. The second kappa shape index (κ2) is 9.52. The number of carbonyl (C=O) groups excluding carboxylic acids is 1. The Morgan fingerprint density at radius 2 is 1.71 bits per heavy atom. The minimum absolute atomic E-state index is 0.297. The Morgan fingerprint density at radius 3 is 2.38 bits per heavy atom. The van der Waals surface area contributed by atoms with Crippen LogP contribution in [0, 0.1) is 0 Å². The minimum atomic E-state index is -0.298. The summed E-state index contributed by atoms with van der Waals surface area (Å²) in [5.41, 5.74) is 4.16. The van der Waals surface area contributed by atoms with E-state index in [4.69, 9.17) is 9.47 Å². The molecule has 3 aromatic rings. The van der Waals surface area contributed by atoms with Crippen molar-refractivity contribution in [2.75, 3.05) is 55.5 Å². The molecule has 2 aromatic heterocycles. The molecule has 0 bridgehead atoms. The van der Waals surface area contributed by atoms with Crippen molar-refractivity contribution in [1.29, 1.82) is 0 Å². The molecule has 5 rings (SSSR count). The van der Waals surface area contributed by atoms with E-state index in [9.17, 15) is 4.79 Å². The number of carbonyl (C=O) groups is 1. The van der Waals surface area contributed by atoms with E-state index in [2.05, 4.69) is 30.5 Å². The molecule has 0 spiro atoms. The number of methoxy groups -OCH3 is 2. The van der Waals surface area contributed by atoms with Crippen molar-refractivity contribution in [1.82, 2.24) is 20.3 Å². The Bertz CT molecular complexity index is 1160. The molecule has 10 heteroatoms. The van der Waals surface area contributed by atoms with E-state index in [1.165, 1.54) is 0 Å². The average Bonchev–Trinajstić information content (AvgIpc) is 3.32. The topological polar surface area (TPSA) is 105 Å². The first-order valence-electron chi connectivity index (χ1n) is 11.2. The fourth-order valence-corrected chi connectivity index (χ4v) is 4.34. The minimum Gasteiger partial charge on any atom is -0.493 e. The molecule has 0 atom stereocenters. The first-order chi connectivity index (χ1) is 16.7. The lowest BCUT2D eigenvalue weighted by atomic mass is 10.1. The lowest BCUT2D eigenvalue weighted by Gasteiger charge is -2.30. The van der Waals surface area contributed by atoms with Crippen LogP contribution in [0.2, 0.25) is 0 Å². The van der Waals surface area contributed by atoms with Gasteiger partial charge >= 0.3 is 0 Å². The van der Waals surface area contributed by atoms with Crippen molar-refractivity contribution in [3.8, 4) is 11.5 Å². The summed E-state index contributed by atoms with van der Waals surface area (Å²) in [7, 11) is 3.25. The van der Waals surface area contributed by atoms with Crippen LogP contribution in [0.1, 0.15) is 21.6 Å². The Hall–Kier alpha value is -3.92. The third kappa shape index (κ3) is 4.32. The fourth-order valence-electron chi connectivity index (χ4n) is 4.34. The van der Waals surface area contributed by atoms with E-state index in [1.807, 2.05) is 23.1 Å². The zero-order valence-corrected chi connectivity index (χ0v) is 19.2. The number of anilines is 3. The number of rotatable bonds is 6. The van der Waals surface area contributed by atoms with Gasteiger partial charge in [-0.1, -0.05) is 0 Å². The van der Waals surface area contributed by atoms with Crippen LogP contribution in [0.5, 0.6) is 11.5 Å². The second-order valence-electron chi connectivity index (χ2n) is 8.16. The normalized spacial score (nSPS) is 15.1. The first kappa shape index (κ1) is 21.9. The van der Waals surface area contributed by atoms with E-state index in [1.54, 1.807) is 38.9 Å². The largest absolute Gasteiger partial charge is 0.493 e. The predicted molar refractivity (Wildman–Crippen MR) is 129 cm³/mol. The van der Waals surface area contributed by atoms with Crippen LogP contribution in [0.4, 0.5) is 17.3 Å². The lowest BCUT2D eigenvalue weighted by molar-refractivity contribution is 0.102. The fraction of sp³-hybridized carbons (Fsp3) is 0.333. The van der Waals surface area contributed by atoms with Gasteiger partial charge in [0, 0.05) is 51.7 Å². The van der Waals surface area contributed by atoms with Crippen molar-refractivity contribution in [3.63, 3.8) is 0 Å². The second-order valence-corrected chi connectivity index (χ2v) is 8.16.